The van der Waals surface area contributed by atoms with Crippen LogP contribution in [-0.2, 0) is 25.8 Å². The molecule has 1 aromatic carbocycles. The summed E-state index contributed by atoms with van der Waals surface area (Å²) in [5.41, 5.74) is 1.51. The predicted octanol–water partition coefficient (Wildman–Crippen LogP) is 2.22. The maximum Gasteiger partial charge on any atom is 0.311 e. The van der Waals surface area contributed by atoms with Crippen LogP contribution in [0, 0.1) is 11.8 Å². The molecule has 1 N–H and O–H groups in total. The summed E-state index contributed by atoms with van der Waals surface area (Å²) in [6.07, 6.45) is 3.46. The number of thioether (sulfide) groups is 1. The zero-order valence-electron chi connectivity index (χ0n) is 22.1. The highest BCUT2D eigenvalue weighted by Gasteiger charge is 2.78. The fourth-order valence-corrected chi connectivity index (χ4v) is 9.10. The largest absolute Gasteiger partial charge is 0.466 e. The summed E-state index contributed by atoms with van der Waals surface area (Å²) in [6, 6.07) is 6.15. The smallest absolute Gasteiger partial charge is 0.311 e. The lowest BCUT2D eigenvalue weighted by Gasteiger charge is -2.39. The van der Waals surface area contributed by atoms with Crippen LogP contribution in [0.4, 0.5) is 0 Å². The third kappa shape index (κ3) is 3.85. The van der Waals surface area contributed by atoms with Crippen molar-refractivity contribution in [3.05, 3.63) is 36.9 Å². The monoisotopic (exact) mass is 541 g/mol. The molecule has 3 aliphatic rings. The molecule has 3 fully saturated rings. The second-order valence-electron chi connectivity index (χ2n) is 10.5. The van der Waals surface area contributed by atoms with Crippen molar-refractivity contribution in [2.75, 3.05) is 19.8 Å². The standard InChI is InChI=1S/C27H35N5O5S/c1-5-14-30(16-31-19-11-9-8-10-18(19)28-29-31)24(35)22-27-13-12-26(4,38-27)21(25(36)37-7-3)20(27)23(34)32(22)17(6-2)15-33/h5,8-11,17,20-22,33H,1,6-7,12-16H2,2-4H3/t17-,20-,21+,22?,26-,27?/m0/s1. The van der Waals surface area contributed by atoms with E-state index in [-0.39, 0.29) is 44.2 Å². The number of carbonyl (C=O) groups is 3. The van der Waals surface area contributed by atoms with Crippen LogP contribution >= 0.6 is 11.8 Å². The molecule has 0 saturated carbocycles. The van der Waals surface area contributed by atoms with Gasteiger partial charge in [-0.15, -0.1) is 23.4 Å². The van der Waals surface area contributed by atoms with Crippen LogP contribution in [0.1, 0.15) is 40.0 Å². The molecule has 4 heterocycles. The van der Waals surface area contributed by atoms with E-state index in [2.05, 4.69) is 16.9 Å². The van der Waals surface area contributed by atoms with E-state index in [0.717, 1.165) is 11.0 Å². The third-order valence-electron chi connectivity index (χ3n) is 8.45. The zero-order valence-corrected chi connectivity index (χ0v) is 22.9. The van der Waals surface area contributed by atoms with Crippen LogP contribution in [0.15, 0.2) is 36.9 Å². The quantitative estimate of drug-likeness (QED) is 0.359. The number of hydrogen-bond donors (Lipinski definition) is 1. The topological polar surface area (TPSA) is 118 Å². The number of ether oxygens (including phenoxy) is 1. The van der Waals surface area contributed by atoms with Crippen LogP contribution in [-0.4, -0.2) is 89.0 Å². The van der Waals surface area contributed by atoms with Crippen molar-refractivity contribution in [3.63, 3.8) is 0 Å². The number of likely N-dealkylation sites (tertiary alicyclic amines) is 1. The first kappa shape index (κ1) is 26.7. The lowest BCUT2D eigenvalue weighted by atomic mass is 9.66. The second kappa shape index (κ2) is 10.00. The number of esters is 1. The van der Waals surface area contributed by atoms with Gasteiger partial charge in [-0.1, -0.05) is 30.3 Å². The van der Waals surface area contributed by atoms with E-state index < -0.39 is 33.4 Å². The van der Waals surface area contributed by atoms with Crippen molar-refractivity contribution in [3.8, 4) is 0 Å². The Morgan fingerprint density at radius 1 is 1.34 bits per heavy atom. The molecule has 3 aliphatic heterocycles. The van der Waals surface area contributed by atoms with Gasteiger partial charge in [0.25, 0.3) is 0 Å². The Bertz CT molecular complexity index is 1260. The summed E-state index contributed by atoms with van der Waals surface area (Å²) in [5, 5.41) is 18.7. The Balaban J connectivity index is 1.57. The van der Waals surface area contributed by atoms with Crippen LogP contribution < -0.4 is 0 Å². The van der Waals surface area contributed by atoms with Gasteiger partial charge in [0, 0.05) is 11.3 Å². The van der Waals surface area contributed by atoms with Crippen molar-refractivity contribution in [1.29, 1.82) is 0 Å². The van der Waals surface area contributed by atoms with Gasteiger partial charge in [-0.2, -0.15) is 0 Å². The number of aromatic nitrogens is 3. The first-order valence-corrected chi connectivity index (χ1v) is 14.1. The molecule has 6 atom stereocenters. The van der Waals surface area contributed by atoms with E-state index in [9.17, 15) is 19.5 Å². The van der Waals surface area contributed by atoms with Crippen molar-refractivity contribution in [1.82, 2.24) is 24.8 Å². The van der Waals surface area contributed by atoms with Crippen LogP contribution in [0.3, 0.4) is 0 Å². The predicted molar refractivity (Wildman–Crippen MR) is 143 cm³/mol. The minimum atomic E-state index is -0.835. The number of hydrogen-bond acceptors (Lipinski definition) is 8. The summed E-state index contributed by atoms with van der Waals surface area (Å²) in [5.74, 6) is -2.20. The fraction of sp³-hybridized carbons (Fsp3) is 0.593. The van der Waals surface area contributed by atoms with Gasteiger partial charge in [0.15, 0.2) is 0 Å². The molecule has 2 bridgehead atoms. The summed E-state index contributed by atoms with van der Waals surface area (Å²) in [7, 11) is 0. The lowest BCUT2D eigenvalue weighted by Crippen LogP contribution is -2.57. The molecule has 1 spiro atoms. The number of nitrogens with zero attached hydrogens (tertiary/aromatic N) is 5. The molecule has 2 amide bonds. The molecular weight excluding hydrogens is 506 g/mol. The molecule has 1 aromatic heterocycles. The molecule has 3 saturated heterocycles. The number of rotatable bonds is 10. The Morgan fingerprint density at radius 3 is 2.79 bits per heavy atom. The molecular formula is C27H35N5O5S. The summed E-state index contributed by atoms with van der Waals surface area (Å²) >= 11 is 1.59. The molecule has 204 valence electrons. The van der Waals surface area contributed by atoms with Crippen molar-refractivity contribution < 1.29 is 24.2 Å². The molecule has 11 heteroatoms. The molecule has 0 aliphatic carbocycles. The Morgan fingerprint density at radius 2 is 2.11 bits per heavy atom. The highest BCUT2D eigenvalue weighted by atomic mass is 32.2. The van der Waals surface area contributed by atoms with E-state index in [1.807, 2.05) is 38.1 Å². The van der Waals surface area contributed by atoms with Crippen LogP contribution in [0.25, 0.3) is 11.0 Å². The number of para-hydroxylation sites is 1. The van der Waals surface area contributed by atoms with Gasteiger partial charge in [-0.3, -0.25) is 14.4 Å². The fourth-order valence-electron chi connectivity index (χ4n) is 6.77. The number of carbonyl (C=O) groups excluding carboxylic acids is 3. The van der Waals surface area contributed by atoms with E-state index in [4.69, 9.17) is 4.74 Å². The molecule has 2 aromatic rings. The van der Waals surface area contributed by atoms with E-state index in [0.29, 0.717) is 19.3 Å². The van der Waals surface area contributed by atoms with Gasteiger partial charge in [0.1, 0.15) is 18.2 Å². The van der Waals surface area contributed by atoms with E-state index in [1.54, 1.807) is 39.2 Å². The highest BCUT2D eigenvalue weighted by molar-refractivity contribution is 8.02. The minimum absolute atomic E-state index is 0.129. The van der Waals surface area contributed by atoms with Gasteiger partial charge >= 0.3 is 5.97 Å². The van der Waals surface area contributed by atoms with Gasteiger partial charge < -0.3 is 19.6 Å². The Kier molecular flexibility index (Phi) is 7.02. The lowest BCUT2D eigenvalue weighted by molar-refractivity contribution is -0.155. The first-order chi connectivity index (χ1) is 18.3. The van der Waals surface area contributed by atoms with Crippen LogP contribution in [0.2, 0.25) is 0 Å². The van der Waals surface area contributed by atoms with Crippen molar-refractivity contribution in [2.24, 2.45) is 11.8 Å². The zero-order chi connectivity index (χ0) is 27.2. The number of benzene rings is 1. The average molecular weight is 542 g/mol. The molecule has 10 nitrogen and oxygen atoms in total. The number of fused-ring (bicyclic) bond motifs is 2. The average Bonchev–Trinajstić information content (AvgIpc) is 3.61. The number of amides is 2. The Labute approximate surface area is 226 Å². The van der Waals surface area contributed by atoms with Gasteiger partial charge in [0.05, 0.1) is 41.4 Å². The molecule has 2 unspecified atom stereocenters. The summed E-state index contributed by atoms with van der Waals surface area (Å²) in [4.78, 5) is 45.1. The van der Waals surface area contributed by atoms with Gasteiger partial charge in [0.2, 0.25) is 11.8 Å². The SMILES string of the molecule is C=CCN(Cn1nnc2ccccc21)C(=O)C1N([C@@H](CC)CO)C(=O)[C@@H]2[C@H](C(=O)OCC)[C@]3(C)CCC12S3. The van der Waals surface area contributed by atoms with E-state index >= 15 is 0 Å². The molecule has 0 radical (unpaired) electrons. The first-order valence-electron chi connectivity index (χ1n) is 13.2. The normalized spacial score (nSPS) is 30.5. The van der Waals surface area contributed by atoms with Crippen molar-refractivity contribution in [2.45, 2.75) is 68.3 Å². The maximum absolute atomic E-state index is 14.5. The molecule has 5 rings (SSSR count). The van der Waals surface area contributed by atoms with Crippen molar-refractivity contribution >= 4 is 40.6 Å². The highest BCUT2D eigenvalue weighted by Crippen LogP contribution is 2.71. The van der Waals surface area contributed by atoms with Gasteiger partial charge in [-0.05, 0) is 45.2 Å². The summed E-state index contributed by atoms with van der Waals surface area (Å²) < 4.78 is 5.82. The minimum Gasteiger partial charge on any atom is -0.466 e. The number of aliphatic hydroxyl groups excluding tert-OH is 1. The van der Waals surface area contributed by atoms with E-state index in [1.165, 1.54) is 0 Å². The Hall–Kier alpha value is -2.92. The molecule has 38 heavy (non-hydrogen) atoms. The van der Waals surface area contributed by atoms with Crippen LogP contribution in [0.5, 0.6) is 0 Å². The number of aliphatic hydroxyl groups is 1. The summed E-state index contributed by atoms with van der Waals surface area (Å²) in [6.45, 7) is 9.84. The maximum atomic E-state index is 14.5. The second-order valence-corrected chi connectivity index (χ2v) is 12.4. The van der Waals surface area contributed by atoms with Gasteiger partial charge in [-0.25, -0.2) is 4.68 Å². The third-order valence-corrected chi connectivity index (χ3v) is 10.4.